The van der Waals surface area contributed by atoms with Gasteiger partial charge in [-0.15, -0.1) is 0 Å². The summed E-state index contributed by atoms with van der Waals surface area (Å²) in [6.07, 6.45) is 17.2. The molecule has 0 aromatic carbocycles. The molecule has 0 radical (unpaired) electrons. The lowest BCUT2D eigenvalue weighted by Gasteiger charge is -2.33. The van der Waals surface area contributed by atoms with E-state index in [4.69, 9.17) is 18.9 Å². The smallest absolute Gasteiger partial charge is 0.282 e. The Morgan fingerprint density at radius 3 is 1.31 bits per heavy atom. The van der Waals surface area contributed by atoms with E-state index in [-0.39, 0.29) is 0 Å². The number of hydrogen-bond donors (Lipinski definition) is 0. The van der Waals surface area contributed by atoms with Crippen LogP contribution in [0.2, 0.25) is 0 Å². The van der Waals surface area contributed by atoms with Crippen LogP contribution in [0.4, 0.5) is 0 Å². The van der Waals surface area contributed by atoms with Gasteiger partial charge in [0.15, 0.2) is 0 Å². The number of ether oxygens (including phenoxy) is 4. The summed E-state index contributed by atoms with van der Waals surface area (Å²) in [6, 6.07) is 0. The van der Waals surface area contributed by atoms with Crippen LogP contribution >= 0.6 is 0 Å². The summed E-state index contributed by atoms with van der Waals surface area (Å²) in [5.74, 6) is -0.823. The van der Waals surface area contributed by atoms with E-state index in [1.54, 1.807) is 0 Å². The lowest BCUT2D eigenvalue weighted by Crippen LogP contribution is -2.40. The van der Waals surface area contributed by atoms with Crippen molar-refractivity contribution in [3.8, 4) is 0 Å². The highest BCUT2D eigenvalue weighted by Crippen LogP contribution is 2.26. The molecule has 0 aromatic heterocycles. The molecule has 0 fully saturated rings. The zero-order valence-electron chi connectivity index (χ0n) is 20.3. The first-order valence-corrected chi connectivity index (χ1v) is 12.7. The van der Waals surface area contributed by atoms with Gasteiger partial charge in [-0.2, -0.15) is 0 Å². The first kappa shape index (κ1) is 28.8. The molecule has 176 valence electrons. The van der Waals surface area contributed by atoms with E-state index in [0.29, 0.717) is 0 Å². The second-order valence-corrected chi connectivity index (χ2v) is 8.13. The van der Waals surface area contributed by atoms with Gasteiger partial charge in [-0.25, -0.2) is 0 Å². The summed E-state index contributed by atoms with van der Waals surface area (Å²) in [7, 11) is 0. The highest BCUT2D eigenvalue weighted by molar-refractivity contribution is 4.61. The summed E-state index contributed by atoms with van der Waals surface area (Å²) in [5, 5.41) is 0. The van der Waals surface area contributed by atoms with Crippen LogP contribution in [0.3, 0.4) is 0 Å². The molecule has 29 heavy (non-hydrogen) atoms. The lowest BCUT2D eigenvalue weighted by atomic mass is 10.1. The highest BCUT2D eigenvalue weighted by Gasteiger charge is 2.32. The second kappa shape index (κ2) is 22.5. The number of hydrogen-bond acceptors (Lipinski definition) is 4. The van der Waals surface area contributed by atoms with E-state index in [1.165, 1.54) is 38.5 Å². The summed E-state index contributed by atoms with van der Waals surface area (Å²) in [5.41, 5.74) is 0. The fraction of sp³-hybridized carbons (Fsp3) is 1.00. The van der Waals surface area contributed by atoms with Gasteiger partial charge in [0.25, 0.3) is 5.97 Å². The average Bonchev–Trinajstić information content (AvgIpc) is 2.72. The molecule has 4 nitrogen and oxygen atoms in total. The third-order valence-electron chi connectivity index (χ3n) is 5.08. The Labute approximate surface area is 182 Å². The molecule has 0 spiro atoms. The Balaban J connectivity index is 4.20. The molecule has 0 rings (SSSR count). The predicted octanol–water partition coefficient (Wildman–Crippen LogP) is 7.64. The van der Waals surface area contributed by atoms with E-state index in [9.17, 15) is 0 Å². The summed E-state index contributed by atoms with van der Waals surface area (Å²) in [4.78, 5) is 0. The van der Waals surface area contributed by atoms with Crippen molar-refractivity contribution in [2.24, 2.45) is 0 Å². The van der Waals surface area contributed by atoms with Gasteiger partial charge < -0.3 is 18.9 Å². The van der Waals surface area contributed by atoms with E-state index < -0.39 is 5.97 Å². The summed E-state index contributed by atoms with van der Waals surface area (Å²) >= 11 is 0. The highest BCUT2D eigenvalue weighted by atomic mass is 16.9. The van der Waals surface area contributed by atoms with Gasteiger partial charge in [0, 0.05) is 19.6 Å². The van der Waals surface area contributed by atoms with Gasteiger partial charge in [0.2, 0.25) is 0 Å². The third-order valence-corrected chi connectivity index (χ3v) is 5.08. The molecule has 0 saturated heterocycles. The Morgan fingerprint density at radius 2 is 0.862 bits per heavy atom. The maximum Gasteiger partial charge on any atom is 0.282 e. The van der Waals surface area contributed by atoms with Crippen LogP contribution in [-0.2, 0) is 18.9 Å². The minimum absolute atomic E-state index is 0.717. The molecule has 0 heterocycles. The fourth-order valence-corrected chi connectivity index (χ4v) is 3.13. The van der Waals surface area contributed by atoms with E-state index in [1.807, 2.05) is 0 Å². The standard InChI is InChI=1S/C25H52O4/c1-5-9-22-27-25(28-23-10-6-2,29-24-11-7-3)19-17-15-13-12-14-16-18-21-26-20-8-4/h5-24H2,1-4H3. The molecule has 0 N–H and O–H groups in total. The first-order chi connectivity index (χ1) is 14.2. The van der Waals surface area contributed by atoms with Crippen molar-refractivity contribution in [2.75, 3.05) is 33.0 Å². The van der Waals surface area contributed by atoms with Crippen molar-refractivity contribution in [2.45, 2.75) is 130 Å². The van der Waals surface area contributed by atoms with Crippen molar-refractivity contribution in [3.05, 3.63) is 0 Å². The van der Waals surface area contributed by atoms with Crippen molar-refractivity contribution in [3.63, 3.8) is 0 Å². The molecule has 0 atom stereocenters. The van der Waals surface area contributed by atoms with Gasteiger partial charge in [-0.1, -0.05) is 79.1 Å². The van der Waals surface area contributed by atoms with E-state index in [2.05, 4.69) is 27.7 Å². The van der Waals surface area contributed by atoms with Gasteiger partial charge in [-0.3, -0.25) is 0 Å². The maximum atomic E-state index is 6.20. The SMILES string of the molecule is CCCCOC(CCCCCCCCCOCCC)(OCCCC)OCCCC. The molecule has 0 amide bonds. The largest absolute Gasteiger partial charge is 0.381 e. The van der Waals surface area contributed by atoms with Crippen LogP contribution in [0.15, 0.2) is 0 Å². The molecule has 0 bridgehead atoms. The monoisotopic (exact) mass is 416 g/mol. The molecule has 0 unspecified atom stereocenters. The molecule has 0 aliphatic rings. The minimum Gasteiger partial charge on any atom is -0.381 e. The summed E-state index contributed by atoms with van der Waals surface area (Å²) < 4.78 is 24.1. The Kier molecular flexibility index (Phi) is 22.4. The molecular formula is C25H52O4. The zero-order valence-corrected chi connectivity index (χ0v) is 20.3. The summed E-state index contributed by atoms with van der Waals surface area (Å²) in [6.45, 7) is 12.7. The Morgan fingerprint density at radius 1 is 0.414 bits per heavy atom. The normalized spacial score (nSPS) is 12.0. The van der Waals surface area contributed by atoms with Gasteiger partial charge in [0.1, 0.15) is 0 Å². The predicted molar refractivity (Wildman–Crippen MR) is 123 cm³/mol. The van der Waals surface area contributed by atoms with E-state index in [0.717, 1.165) is 90.8 Å². The van der Waals surface area contributed by atoms with Crippen LogP contribution < -0.4 is 0 Å². The van der Waals surface area contributed by atoms with Gasteiger partial charge in [0.05, 0.1) is 19.8 Å². The quantitative estimate of drug-likeness (QED) is 0.120. The van der Waals surface area contributed by atoms with Crippen LogP contribution in [-0.4, -0.2) is 39.0 Å². The van der Waals surface area contributed by atoms with Crippen LogP contribution in [0.25, 0.3) is 0 Å². The van der Waals surface area contributed by atoms with E-state index >= 15 is 0 Å². The molecule has 0 saturated carbocycles. The minimum atomic E-state index is -0.823. The first-order valence-electron chi connectivity index (χ1n) is 12.7. The van der Waals surface area contributed by atoms with Crippen molar-refractivity contribution in [1.82, 2.24) is 0 Å². The topological polar surface area (TPSA) is 36.9 Å². The van der Waals surface area contributed by atoms with Gasteiger partial charge >= 0.3 is 0 Å². The van der Waals surface area contributed by atoms with Crippen LogP contribution in [0, 0.1) is 0 Å². The number of unbranched alkanes of at least 4 members (excludes halogenated alkanes) is 9. The third kappa shape index (κ3) is 18.3. The maximum absolute atomic E-state index is 6.20. The molecule has 0 aliphatic carbocycles. The van der Waals surface area contributed by atoms with Crippen LogP contribution in [0.5, 0.6) is 0 Å². The van der Waals surface area contributed by atoms with Gasteiger partial charge in [-0.05, 0) is 38.5 Å². The van der Waals surface area contributed by atoms with Crippen molar-refractivity contribution < 1.29 is 18.9 Å². The Bertz CT molecular complexity index is 283. The van der Waals surface area contributed by atoms with Crippen molar-refractivity contribution >= 4 is 0 Å². The fourth-order valence-electron chi connectivity index (χ4n) is 3.13. The zero-order chi connectivity index (χ0) is 21.5. The lowest BCUT2D eigenvalue weighted by molar-refractivity contribution is -0.384. The number of rotatable bonds is 24. The Hall–Kier alpha value is -0.160. The molecule has 0 aliphatic heterocycles. The second-order valence-electron chi connectivity index (χ2n) is 8.13. The average molecular weight is 417 g/mol. The van der Waals surface area contributed by atoms with Crippen molar-refractivity contribution in [1.29, 1.82) is 0 Å². The molecule has 4 heteroatoms. The van der Waals surface area contributed by atoms with Crippen LogP contribution in [0.1, 0.15) is 124 Å². The molecular weight excluding hydrogens is 364 g/mol. The molecule has 0 aromatic rings.